The van der Waals surface area contributed by atoms with Crippen molar-refractivity contribution in [2.24, 2.45) is 0 Å². The van der Waals surface area contributed by atoms with E-state index in [1.807, 2.05) is 0 Å². The topological polar surface area (TPSA) is 87.1 Å². The lowest BCUT2D eigenvalue weighted by Gasteiger charge is -2.31. The van der Waals surface area contributed by atoms with Crippen molar-refractivity contribution >= 4 is 11.9 Å². The van der Waals surface area contributed by atoms with Crippen molar-refractivity contribution in [2.75, 3.05) is 26.3 Å². The molecular formula is C11H17NO5. The maximum atomic E-state index is 11.5. The highest BCUT2D eigenvalue weighted by atomic mass is 16.5. The number of carboxylic acid groups (broad SMARTS) is 1. The maximum Gasteiger partial charge on any atom is 0.328 e. The molecule has 0 spiro atoms. The highest BCUT2D eigenvalue weighted by molar-refractivity contribution is 5.93. The fourth-order valence-electron chi connectivity index (χ4n) is 1.71. The summed E-state index contributed by atoms with van der Waals surface area (Å²) in [5.74, 6) is -1.41. The number of hydrogen-bond acceptors (Lipinski definition) is 4. The van der Waals surface area contributed by atoms with E-state index in [-0.39, 0.29) is 18.6 Å². The zero-order chi connectivity index (χ0) is 12.7. The summed E-state index contributed by atoms with van der Waals surface area (Å²) in [6.45, 7) is 1.43. The van der Waals surface area contributed by atoms with Crippen molar-refractivity contribution < 1.29 is 24.5 Å². The Morgan fingerprint density at radius 1 is 1.29 bits per heavy atom. The number of aliphatic hydroxyl groups is 1. The Kier molecular flexibility index (Phi) is 5.65. The van der Waals surface area contributed by atoms with Gasteiger partial charge in [0.1, 0.15) is 0 Å². The van der Waals surface area contributed by atoms with Crippen LogP contribution in [0, 0.1) is 0 Å². The second-order valence-electron chi connectivity index (χ2n) is 3.79. The number of nitrogens with zero attached hydrogens (tertiary/aromatic N) is 1. The number of likely N-dealkylation sites (tertiary alicyclic amines) is 1. The molecule has 0 aromatic carbocycles. The Morgan fingerprint density at radius 2 is 1.94 bits per heavy atom. The Hall–Kier alpha value is -1.40. The summed E-state index contributed by atoms with van der Waals surface area (Å²) in [6.07, 6.45) is 3.42. The van der Waals surface area contributed by atoms with Gasteiger partial charge in [0.2, 0.25) is 5.91 Å². The quantitative estimate of drug-likeness (QED) is 0.643. The zero-order valence-electron chi connectivity index (χ0n) is 9.54. The van der Waals surface area contributed by atoms with E-state index in [0.717, 1.165) is 12.2 Å². The number of aliphatic hydroxyl groups excluding tert-OH is 1. The van der Waals surface area contributed by atoms with Gasteiger partial charge < -0.3 is 19.8 Å². The zero-order valence-corrected chi connectivity index (χ0v) is 9.54. The van der Waals surface area contributed by atoms with Gasteiger partial charge >= 0.3 is 5.97 Å². The van der Waals surface area contributed by atoms with Gasteiger partial charge in [0, 0.05) is 25.2 Å². The van der Waals surface area contributed by atoms with Crippen LogP contribution in [0.25, 0.3) is 0 Å². The van der Waals surface area contributed by atoms with Crippen molar-refractivity contribution in [3.63, 3.8) is 0 Å². The second kappa shape index (κ2) is 7.03. The first-order valence-electron chi connectivity index (χ1n) is 5.56. The number of ether oxygens (including phenoxy) is 1. The van der Waals surface area contributed by atoms with E-state index < -0.39 is 5.97 Å². The molecule has 1 amide bonds. The fourth-order valence-corrected chi connectivity index (χ4v) is 1.71. The lowest BCUT2D eigenvalue weighted by atomic mass is 10.1. The molecule has 1 saturated heterocycles. The smallest absolute Gasteiger partial charge is 0.328 e. The molecule has 0 aromatic heterocycles. The van der Waals surface area contributed by atoms with Crippen LogP contribution in [-0.2, 0) is 14.3 Å². The van der Waals surface area contributed by atoms with E-state index in [1.54, 1.807) is 4.90 Å². The van der Waals surface area contributed by atoms with Crippen LogP contribution in [0.2, 0.25) is 0 Å². The van der Waals surface area contributed by atoms with Crippen LogP contribution in [0.1, 0.15) is 12.8 Å². The SMILES string of the molecule is O=C(O)/C=C/C(=O)N1CCC(OCCO)CC1. The van der Waals surface area contributed by atoms with E-state index in [0.29, 0.717) is 32.5 Å². The molecular weight excluding hydrogens is 226 g/mol. The number of carboxylic acids is 1. The molecule has 0 bridgehead atoms. The normalized spacial score (nSPS) is 17.6. The minimum Gasteiger partial charge on any atom is -0.478 e. The Morgan fingerprint density at radius 3 is 2.47 bits per heavy atom. The van der Waals surface area contributed by atoms with Gasteiger partial charge in [-0.2, -0.15) is 0 Å². The van der Waals surface area contributed by atoms with E-state index in [2.05, 4.69) is 0 Å². The number of piperidine rings is 1. The molecule has 6 nitrogen and oxygen atoms in total. The number of rotatable bonds is 5. The van der Waals surface area contributed by atoms with Gasteiger partial charge in [-0.05, 0) is 12.8 Å². The number of amides is 1. The summed E-state index contributed by atoms with van der Waals surface area (Å²) in [7, 11) is 0. The molecule has 6 heteroatoms. The molecule has 1 fully saturated rings. The van der Waals surface area contributed by atoms with Crippen LogP contribution in [0.5, 0.6) is 0 Å². The molecule has 1 aliphatic rings. The molecule has 1 aliphatic heterocycles. The van der Waals surface area contributed by atoms with Crippen LogP contribution >= 0.6 is 0 Å². The molecule has 0 aliphatic carbocycles. The molecule has 17 heavy (non-hydrogen) atoms. The van der Waals surface area contributed by atoms with E-state index in [4.69, 9.17) is 14.9 Å². The summed E-state index contributed by atoms with van der Waals surface area (Å²) in [5.41, 5.74) is 0. The van der Waals surface area contributed by atoms with Gasteiger partial charge in [0.05, 0.1) is 19.3 Å². The third-order valence-corrected chi connectivity index (χ3v) is 2.57. The van der Waals surface area contributed by atoms with Crippen molar-refractivity contribution in [1.82, 2.24) is 4.90 Å². The Labute approximate surface area is 99.5 Å². The Bertz CT molecular complexity index is 294. The van der Waals surface area contributed by atoms with Gasteiger partial charge in [0.25, 0.3) is 0 Å². The third kappa shape index (κ3) is 4.97. The molecule has 1 rings (SSSR count). The monoisotopic (exact) mass is 243 g/mol. The number of hydrogen-bond donors (Lipinski definition) is 2. The van der Waals surface area contributed by atoms with Crippen molar-refractivity contribution in [3.8, 4) is 0 Å². The number of carbonyl (C=O) groups excluding carboxylic acids is 1. The van der Waals surface area contributed by atoms with Gasteiger partial charge in [-0.3, -0.25) is 4.79 Å². The second-order valence-corrected chi connectivity index (χ2v) is 3.79. The average Bonchev–Trinajstić information content (AvgIpc) is 2.34. The lowest BCUT2D eigenvalue weighted by Crippen LogP contribution is -2.40. The molecule has 2 N–H and O–H groups in total. The van der Waals surface area contributed by atoms with Crippen LogP contribution in [-0.4, -0.2) is 59.4 Å². The first-order valence-corrected chi connectivity index (χ1v) is 5.56. The van der Waals surface area contributed by atoms with Crippen LogP contribution < -0.4 is 0 Å². The van der Waals surface area contributed by atoms with Crippen molar-refractivity contribution in [2.45, 2.75) is 18.9 Å². The minimum atomic E-state index is -1.13. The molecule has 0 unspecified atom stereocenters. The van der Waals surface area contributed by atoms with Crippen LogP contribution in [0.15, 0.2) is 12.2 Å². The summed E-state index contributed by atoms with van der Waals surface area (Å²) in [5, 5.41) is 17.0. The average molecular weight is 243 g/mol. The molecule has 0 atom stereocenters. The summed E-state index contributed by atoms with van der Waals surface area (Å²) in [6, 6.07) is 0. The largest absolute Gasteiger partial charge is 0.478 e. The first-order chi connectivity index (χ1) is 8.13. The fraction of sp³-hybridized carbons (Fsp3) is 0.636. The van der Waals surface area contributed by atoms with Gasteiger partial charge in [0.15, 0.2) is 0 Å². The highest BCUT2D eigenvalue weighted by Crippen LogP contribution is 2.13. The number of aliphatic carboxylic acids is 1. The van der Waals surface area contributed by atoms with E-state index >= 15 is 0 Å². The van der Waals surface area contributed by atoms with Crippen LogP contribution in [0.3, 0.4) is 0 Å². The van der Waals surface area contributed by atoms with Crippen LogP contribution in [0.4, 0.5) is 0 Å². The minimum absolute atomic E-state index is 0.000490. The molecule has 0 radical (unpaired) electrons. The van der Waals surface area contributed by atoms with Gasteiger partial charge in [-0.1, -0.05) is 0 Å². The summed E-state index contributed by atoms with van der Waals surface area (Å²) >= 11 is 0. The summed E-state index contributed by atoms with van der Waals surface area (Å²) < 4.78 is 5.36. The van der Waals surface area contributed by atoms with Gasteiger partial charge in [-0.15, -0.1) is 0 Å². The van der Waals surface area contributed by atoms with Crippen molar-refractivity contribution in [1.29, 1.82) is 0 Å². The molecule has 1 heterocycles. The third-order valence-electron chi connectivity index (χ3n) is 2.57. The van der Waals surface area contributed by atoms with E-state index in [1.165, 1.54) is 0 Å². The lowest BCUT2D eigenvalue weighted by molar-refractivity contribution is -0.133. The first kappa shape index (κ1) is 13.7. The Balaban J connectivity index is 2.31. The maximum absolute atomic E-state index is 11.5. The summed E-state index contributed by atoms with van der Waals surface area (Å²) in [4.78, 5) is 23.4. The number of carbonyl (C=O) groups is 2. The molecule has 0 saturated carbocycles. The van der Waals surface area contributed by atoms with Crippen molar-refractivity contribution in [3.05, 3.63) is 12.2 Å². The van der Waals surface area contributed by atoms with Gasteiger partial charge in [-0.25, -0.2) is 4.79 Å². The predicted octanol–water partition coefficient (Wildman–Crippen LogP) is -0.373. The standard InChI is InChI=1S/C11H17NO5/c13-7-8-17-9-3-5-12(6-4-9)10(14)1-2-11(15)16/h1-2,9,13H,3-8H2,(H,15,16)/b2-1+. The molecule has 0 aromatic rings. The highest BCUT2D eigenvalue weighted by Gasteiger charge is 2.21. The molecule has 96 valence electrons. The van der Waals surface area contributed by atoms with E-state index in [9.17, 15) is 9.59 Å². The predicted molar refractivity (Wildman–Crippen MR) is 59.4 cm³/mol.